The van der Waals surface area contributed by atoms with Gasteiger partial charge in [-0.25, -0.2) is 4.98 Å². The van der Waals surface area contributed by atoms with E-state index in [0.717, 1.165) is 11.6 Å². The molecule has 1 N–H and O–H groups in total. The highest BCUT2D eigenvalue weighted by molar-refractivity contribution is 6.30. The second kappa shape index (κ2) is 5.89. The van der Waals surface area contributed by atoms with Gasteiger partial charge >= 0.3 is 0 Å². The predicted molar refractivity (Wildman–Crippen MR) is 73.5 cm³/mol. The summed E-state index contributed by atoms with van der Waals surface area (Å²) in [5.41, 5.74) is 0.979. The van der Waals surface area contributed by atoms with Crippen LogP contribution in [0.2, 0.25) is 5.02 Å². The van der Waals surface area contributed by atoms with Gasteiger partial charge in [0.25, 0.3) is 0 Å². The molecule has 0 bridgehead atoms. The van der Waals surface area contributed by atoms with Gasteiger partial charge in [-0.1, -0.05) is 17.7 Å². The van der Waals surface area contributed by atoms with Crippen LogP contribution in [0.5, 0.6) is 0 Å². The third-order valence-corrected chi connectivity index (χ3v) is 2.75. The Morgan fingerprint density at radius 2 is 2.33 bits per heavy atom. The van der Waals surface area contributed by atoms with Gasteiger partial charge in [0.15, 0.2) is 0 Å². The first kappa shape index (κ1) is 12.9. The van der Waals surface area contributed by atoms with E-state index in [1.807, 2.05) is 42.0 Å². The molecular weight excluding hydrogens is 250 g/mol. The number of anilines is 1. The van der Waals surface area contributed by atoms with Crippen LogP contribution in [-0.2, 0) is 4.74 Å². The number of rotatable bonds is 5. The second-order valence-corrected chi connectivity index (χ2v) is 4.54. The van der Waals surface area contributed by atoms with Crippen LogP contribution in [0.1, 0.15) is 6.92 Å². The fourth-order valence-electron chi connectivity index (χ4n) is 1.76. The molecule has 0 fully saturated rings. The molecule has 0 aliphatic heterocycles. The maximum atomic E-state index is 6.00. The lowest BCUT2D eigenvalue weighted by Crippen LogP contribution is -2.22. The van der Waals surface area contributed by atoms with Crippen LogP contribution in [0.4, 0.5) is 5.95 Å². The highest BCUT2D eigenvalue weighted by atomic mass is 35.5. The number of ether oxygens (including phenoxy) is 1. The van der Waals surface area contributed by atoms with Gasteiger partial charge in [0.05, 0.1) is 6.61 Å². The lowest BCUT2D eigenvalue weighted by atomic mass is 10.3. The maximum absolute atomic E-state index is 6.00. The molecular formula is C13H16ClN3O. The third-order valence-electron chi connectivity index (χ3n) is 2.52. The monoisotopic (exact) mass is 265 g/mol. The zero-order chi connectivity index (χ0) is 13.0. The topological polar surface area (TPSA) is 39.1 Å². The van der Waals surface area contributed by atoms with Crippen molar-refractivity contribution in [2.45, 2.75) is 13.0 Å². The van der Waals surface area contributed by atoms with E-state index in [2.05, 4.69) is 10.3 Å². The molecule has 96 valence electrons. The van der Waals surface area contributed by atoms with Crippen molar-refractivity contribution in [1.29, 1.82) is 0 Å². The summed E-state index contributed by atoms with van der Waals surface area (Å²) in [6, 6.07) is 7.84. The molecule has 18 heavy (non-hydrogen) atoms. The highest BCUT2D eigenvalue weighted by Gasteiger charge is 2.08. The molecule has 0 saturated heterocycles. The molecule has 5 heteroatoms. The number of methoxy groups -OCH3 is 1. The zero-order valence-corrected chi connectivity index (χ0v) is 11.2. The Morgan fingerprint density at radius 1 is 1.50 bits per heavy atom. The Bertz CT molecular complexity index is 512. The molecule has 0 aliphatic carbocycles. The van der Waals surface area contributed by atoms with Crippen LogP contribution >= 0.6 is 11.6 Å². The Morgan fingerprint density at radius 3 is 3.06 bits per heavy atom. The molecule has 1 atom stereocenters. The minimum Gasteiger partial charge on any atom is -0.383 e. The van der Waals surface area contributed by atoms with E-state index in [0.29, 0.717) is 11.6 Å². The van der Waals surface area contributed by atoms with Crippen LogP contribution in [-0.4, -0.2) is 29.3 Å². The summed E-state index contributed by atoms with van der Waals surface area (Å²) in [4.78, 5) is 4.30. The molecule has 0 spiro atoms. The molecule has 0 radical (unpaired) electrons. The van der Waals surface area contributed by atoms with Gasteiger partial charge < -0.3 is 10.1 Å². The largest absolute Gasteiger partial charge is 0.383 e. The zero-order valence-electron chi connectivity index (χ0n) is 10.4. The average molecular weight is 266 g/mol. The van der Waals surface area contributed by atoms with E-state index in [1.54, 1.807) is 13.3 Å². The number of halogens is 1. The Hall–Kier alpha value is -1.52. The highest BCUT2D eigenvalue weighted by Crippen LogP contribution is 2.18. The number of nitrogens with zero attached hydrogens (tertiary/aromatic N) is 2. The summed E-state index contributed by atoms with van der Waals surface area (Å²) >= 11 is 6.00. The smallest absolute Gasteiger partial charge is 0.207 e. The van der Waals surface area contributed by atoms with Crippen LogP contribution in [0.15, 0.2) is 36.7 Å². The summed E-state index contributed by atoms with van der Waals surface area (Å²) in [5.74, 6) is 0.779. The fourth-order valence-corrected chi connectivity index (χ4v) is 1.94. The number of imidazole rings is 1. The minimum atomic E-state index is 0.190. The van der Waals surface area contributed by atoms with Crippen molar-refractivity contribution in [1.82, 2.24) is 9.55 Å². The molecule has 1 aromatic heterocycles. The molecule has 4 nitrogen and oxygen atoms in total. The summed E-state index contributed by atoms with van der Waals surface area (Å²) in [6.07, 6.45) is 3.65. The van der Waals surface area contributed by atoms with Crippen molar-refractivity contribution in [2.75, 3.05) is 19.0 Å². The quantitative estimate of drug-likeness (QED) is 0.903. The standard InChI is InChI=1S/C13H16ClN3O/c1-10(9-18-2)16-13-15-6-7-17(13)12-5-3-4-11(14)8-12/h3-8,10H,9H2,1-2H3,(H,15,16). The van der Waals surface area contributed by atoms with Crippen molar-refractivity contribution in [2.24, 2.45) is 0 Å². The van der Waals surface area contributed by atoms with Gasteiger partial charge in [0.1, 0.15) is 0 Å². The molecule has 0 saturated carbocycles. The Labute approximate surface area is 112 Å². The van der Waals surface area contributed by atoms with Gasteiger partial charge in [0, 0.05) is 36.3 Å². The lowest BCUT2D eigenvalue weighted by molar-refractivity contribution is 0.190. The van der Waals surface area contributed by atoms with Crippen LogP contribution in [0.25, 0.3) is 5.69 Å². The van der Waals surface area contributed by atoms with Crippen molar-refractivity contribution >= 4 is 17.5 Å². The molecule has 1 aromatic carbocycles. The van der Waals surface area contributed by atoms with Crippen LogP contribution in [0, 0.1) is 0 Å². The second-order valence-electron chi connectivity index (χ2n) is 4.10. The van der Waals surface area contributed by atoms with E-state index in [-0.39, 0.29) is 6.04 Å². The number of aromatic nitrogens is 2. The average Bonchev–Trinajstić information content (AvgIpc) is 2.77. The van der Waals surface area contributed by atoms with E-state index in [4.69, 9.17) is 16.3 Å². The van der Waals surface area contributed by atoms with E-state index in [1.165, 1.54) is 0 Å². The SMILES string of the molecule is COCC(C)Nc1nccn1-c1cccc(Cl)c1. The number of benzene rings is 1. The van der Waals surface area contributed by atoms with Crippen molar-refractivity contribution < 1.29 is 4.74 Å². The normalized spacial score (nSPS) is 12.4. The molecule has 0 aliphatic rings. The first-order valence-electron chi connectivity index (χ1n) is 5.75. The number of nitrogens with one attached hydrogen (secondary N) is 1. The van der Waals surface area contributed by atoms with E-state index in [9.17, 15) is 0 Å². The molecule has 2 aromatic rings. The summed E-state index contributed by atoms with van der Waals surface area (Å²) in [6.45, 7) is 2.67. The maximum Gasteiger partial charge on any atom is 0.207 e. The first-order valence-corrected chi connectivity index (χ1v) is 6.13. The summed E-state index contributed by atoms with van der Waals surface area (Å²) in [5, 5.41) is 4.00. The Balaban J connectivity index is 2.22. The first-order chi connectivity index (χ1) is 8.70. The minimum absolute atomic E-state index is 0.190. The third kappa shape index (κ3) is 3.03. The van der Waals surface area contributed by atoms with Crippen molar-refractivity contribution in [3.8, 4) is 5.69 Å². The van der Waals surface area contributed by atoms with Gasteiger partial charge in [-0.05, 0) is 25.1 Å². The molecule has 2 rings (SSSR count). The van der Waals surface area contributed by atoms with Crippen molar-refractivity contribution in [3.05, 3.63) is 41.7 Å². The number of hydrogen-bond acceptors (Lipinski definition) is 3. The molecule has 0 amide bonds. The van der Waals surface area contributed by atoms with Gasteiger partial charge in [0.2, 0.25) is 5.95 Å². The van der Waals surface area contributed by atoms with Crippen LogP contribution in [0.3, 0.4) is 0 Å². The van der Waals surface area contributed by atoms with Crippen molar-refractivity contribution in [3.63, 3.8) is 0 Å². The van der Waals surface area contributed by atoms with E-state index >= 15 is 0 Å². The Kier molecular flexibility index (Phi) is 4.23. The molecule has 1 heterocycles. The van der Waals surface area contributed by atoms with E-state index < -0.39 is 0 Å². The summed E-state index contributed by atoms with van der Waals surface area (Å²) < 4.78 is 7.05. The van der Waals surface area contributed by atoms with Gasteiger partial charge in [-0.3, -0.25) is 4.57 Å². The van der Waals surface area contributed by atoms with Gasteiger partial charge in [-0.2, -0.15) is 0 Å². The molecule has 1 unspecified atom stereocenters. The lowest BCUT2D eigenvalue weighted by Gasteiger charge is -2.15. The van der Waals surface area contributed by atoms with Gasteiger partial charge in [-0.15, -0.1) is 0 Å². The summed E-state index contributed by atoms with van der Waals surface area (Å²) in [7, 11) is 1.68. The predicted octanol–water partition coefficient (Wildman–Crippen LogP) is 2.97. The number of hydrogen-bond donors (Lipinski definition) is 1. The van der Waals surface area contributed by atoms with Crippen LogP contribution < -0.4 is 5.32 Å². The fraction of sp³-hybridized carbons (Fsp3) is 0.308.